The van der Waals surface area contributed by atoms with Gasteiger partial charge in [-0.2, -0.15) is 0 Å². The first kappa shape index (κ1) is 33.9. The standard InChI is InChI=1S/C35H47BrO3Si/c1-26(21-22-37)19-20-31(36)25-34(29(4)24-27(2)23-28(3)30(5)38)39-40(35(6,7)8,32-15-11-9-12-16-32)33-17-13-10-14-18-33/h9-21,23,25,27,29,34,37H,22,24H2,1-8H3/b20-19+,26-21+,28-23+,31-25-/t27-,29+,34-/m1/s1. The Kier molecular flexibility index (Phi) is 13.2. The van der Waals surface area contributed by atoms with E-state index in [1.54, 1.807) is 13.0 Å². The number of carbonyl (C=O) groups excluding carboxylic acids is 1. The van der Waals surface area contributed by atoms with Gasteiger partial charge in [-0.3, -0.25) is 4.79 Å². The van der Waals surface area contributed by atoms with Crippen molar-refractivity contribution in [2.45, 2.75) is 73.0 Å². The summed E-state index contributed by atoms with van der Waals surface area (Å²) in [6.07, 6.45) is 10.7. The molecule has 0 aliphatic carbocycles. The summed E-state index contributed by atoms with van der Waals surface area (Å²) in [6.45, 7) is 16.8. The molecule has 0 aliphatic heterocycles. The third-order valence-electron chi connectivity index (χ3n) is 7.37. The molecule has 2 aromatic carbocycles. The van der Waals surface area contributed by atoms with Gasteiger partial charge in [-0.05, 0) is 72.2 Å². The molecule has 1 N–H and O–H groups in total. The highest BCUT2D eigenvalue weighted by molar-refractivity contribution is 9.11. The number of carbonyl (C=O) groups is 1. The van der Waals surface area contributed by atoms with Gasteiger partial charge in [0.25, 0.3) is 8.32 Å². The molecule has 0 bridgehead atoms. The minimum atomic E-state index is -2.80. The Morgan fingerprint density at radius 3 is 1.90 bits per heavy atom. The second-order valence-electron chi connectivity index (χ2n) is 11.9. The first-order chi connectivity index (χ1) is 18.8. The van der Waals surface area contributed by atoms with E-state index in [0.717, 1.165) is 22.0 Å². The lowest BCUT2D eigenvalue weighted by Crippen LogP contribution is -2.68. The molecule has 0 spiro atoms. The summed E-state index contributed by atoms with van der Waals surface area (Å²) in [4.78, 5) is 11.9. The zero-order valence-corrected chi connectivity index (χ0v) is 28.0. The number of Topliss-reactive ketones (excluding diaryl/α,β-unsaturated/α-hetero) is 1. The third-order valence-corrected chi connectivity index (χ3v) is 12.9. The maximum atomic E-state index is 11.9. The summed E-state index contributed by atoms with van der Waals surface area (Å²) in [7, 11) is -2.80. The molecule has 216 valence electrons. The zero-order valence-electron chi connectivity index (χ0n) is 25.4. The van der Waals surface area contributed by atoms with Crippen molar-refractivity contribution in [2.75, 3.05) is 6.61 Å². The number of benzene rings is 2. The van der Waals surface area contributed by atoms with Gasteiger partial charge >= 0.3 is 0 Å². The number of aliphatic hydroxyl groups excluding tert-OH is 1. The lowest BCUT2D eigenvalue weighted by atomic mass is 9.91. The van der Waals surface area contributed by atoms with Crippen LogP contribution in [0.3, 0.4) is 0 Å². The summed E-state index contributed by atoms with van der Waals surface area (Å²) in [5.74, 6) is 0.503. The number of halogens is 1. The highest BCUT2D eigenvalue weighted by Gasteiger charge is 2.51. The Labute approximate surface area is 252 Å². The van der Waals surface area contributed by atoms with Gasteiger partial charge in [-0.1, -0.05) is 135 Å². The third kappa shape index (κ3) is 9.37. The molecule has 2 rings (SSSR count). The van der Waals surface area contributed by atoms with E-state index in [9.17, 15) is 9.90 Å². The summed E-state index contributed by atoms with van der Waals surface area (Å²) < 4.78 is 8.50. The highest BCUT2D eigenvalue weighted by Crippen LogP contribution is 2.39. The summed E-state index contributed by atoms with van der Waals surface area (Å²) >= 11 is 3.79. The van der Waals surface area contributed by atoms with Crippen LogP contribution in [0, 0.1) is 11.8 Å². The number of rotatable bonds is 13. The van der Waals surface area contributed by atoms with Crippen molar-refractivity contribution in [2.24, 2.45) is 11.8 Å². The van der Waals surface area contributed by atoms with Crippen molar-refractivity contribution in [3.63, 3.8) is 0 Å². The van der Waals surface area contributed by atoms with Gasteiger partial charge in [-0.25, -0.2) is 0 Å². The maximum Gasteiger partial charge on any atom is 0.261 e. The fourth-order valence-electron chi connectivity index (χ4n) is 5.18. The number of allylic oxidation sites excluding steroid dienone is 6. The second kappa shape index (κ2) is 15.6. The molecule has 0 unspecified atom stereocenters. The molecule has 0 saturated heterocycles. The van der Waals surface area contributed by atoms with E-state index in [1.807, 2.05) is 26.0 Å². The van der Waals surface area contributed by atoms with Crippen LogP contribution in [0.5, 0.6) is 0 Å². The lowest BCUT2D eigenvalue weighted by molar-refractivity contribution is -0.113. The van der Waals surface area contributed by atoms with Crippen LogP contribution in [-0.4, -0.2) is 31.9 Å². The van der Waals surface area contributed by atoms with Crippen molar-refractivity contribution < 1.29 is 14.3 Å². The van der Waals surface area contributed by atoms with Crippen molar-refractivity contribution in [1.82, 2.24) is 0 Å². The Morgan fingerprint density at radius 2 is 1.45 bits per heavy atom. The lowest BCUT2D eigenvalue weighted by Gasteiger charge is -2.46. The maximum absolute atomic E-state index is 11.9. The SMILES string of the molecule is CC(=O)/C(C)=C/[C@@H](C)C[C@H](C)[C@@H](/C=C(Br)/C=C/C(C)=C/CO)O[Si](c1ccccc1)(c1ccccc1)C(C)(C)C. The number of hydrogen-bond acceptors (Lipinski definition) is 3. The van der Waals surface area contributed by atoms with E-state index >= 15 is 0 Å². The van der Waals surface area contributed by atoms with Crippen LogP contribution >= 0.6 is 15.9 Å². The molecule has 0 saturated carbocycles. The quantitative estimate of drug-likeness (QED) is 0.140. The molecular formula is C35H47BrO3Si. The van der Waals surface area contributed by atoms with E-state index in [1.165, 1.54) is 10.4 Å². The van der Waals surface area contributed by atoms with E-state index in [-0.39, 0.29) is 35.4 Å². The van der Waals surface area contributed by atoms with Crippen LogP contribution in [0.4, 0.5) is 0 Å². The Bertz CT molecular complexity index is 1170. The Balaban J connectivity index is 2.69. The number of aliphatic hydroxyl groups is 1. The topological polar surface area (TPSA) is 46.5 Å². The van der Waals surface area contributed by atoms with Gasteiger partial charge in [0.2, 0.25) is 0 Å². The van der Waals surface area contributed by atoms with E-state index in [0.29, 0.717) is 0 Å². The van der Waals surface area contributed by atoms with Crippen LogP contribution in [0.15, 0.2) is 107 Å². The average molecular weight is 624 g/mol. The van der Waals surface area contributed by atoms with Gasteiger partial charge < -0.3 is 9.53 Å². The molecule has 2 aromatic rings. The summed E-state index contributed by atoms with van der Waals surface area (Å²) in [5.41, 5.74) is 1.79. The summed E-state index contributed by atoms with van der Waals surface area (Å²) in [6, 6.07) is 21.4. The average Bonchev–Trinajstić information content (AvgIpc) is 2.90. The zero-order chi connectivity index (χ0) is 29.9. The molecule has 0 radical (unpaired) electrons. The molecule has 5 heteroatoms. The minimum Gasteiger partial charge on any atom is -0.401 e. The van der Waals surface area contributed by atoms with Crippen LogP contribution in [-0.2, 0) is 9.22 Å². The second-order valence-corrected chi connectivity index (χ2v) is 17.0. The van der Waals surface area contributed by atoms with Crippen LogP contribution < -0.4 is 10.4 Å². The van der Waals surface area contributed by atoms with Crippen molar-refractivity contribution >= 4 is 40.4 Å². The van der Waals surface area contributed by atoms with Crippen molar-refractivity contribution in [3.05, 3.63) is 107 Å². The fraction of sp³-hybridized carbons (Fsp3) is 0.400. The largest absolute Gasteiger partial charge is 0.401 e. The molecular weight excluding hydrogens is 576 g/mol. The first-order valence-corrected chi connectivity index (χ1v) is 16.8. The predicted molar refractivity (Wildman–Crippen MR) is 177 cm³/mol. The molecule has 3 nitrogen and oxygen atoms in total. The van der Waals surface area contributed by atoms with E-state index in [4.69, 9.17) is 4.43 Å². The van der Waals surface area contributed by atoms with E-state index < -0.39 is 8.32 Å². The number of hydrogen-bond donors (Lipinski definition) is 1. The highest BCUT2D eigenvalue weighted by atomic mass is 79.9. The van der Waals surface area contributed by atoms with Crippen LogP contribution in [0.25, 0.3) is 0 Å². The van der Waals surface area contributed by atoms with Gasteiger partial charge in [0.1, 0.15) is 0 Å². The summed E-state index contributed by atoms with van der Waals surface area (Å²) in [5, 5.41) is 11.6. The first-order valence-electron chi connectivity index (χ1n) is 14.1. The molecule has 0 heterocycles. The number of ketones is 1. The van der Waals surface area contributed by atoms with Gasteiger partial charge in [-0.15, -0.1) is 0 Å². The van der Waals surface area contributed by atoms with Crippen molar-refractivity contribution in [3.8, 4) is 0 Å². The van der Waals surface area contributed by atoms with Crippen molar-refractivity contribution in [1.29, 1.82) is 0 Å². The molecule has 0 aliphatic rings. The molecule has 0 aromatic heterocycles. The van der Waals surface area contributed by atoms with E-state index in [2.05, 4.69) is 123 Å². The monoisotopic (exact) mass is 622 g/mol. The fourth-order valence-corrected chi connectivity index (χ4v) is 10.3. The smallest absolute Gasteiger partial charge is 0.261 e. The molecule has 0 amide bonds. The molecule has 3 atom stereocenters. The molecule has 40 heavy (non-hydrogen) atoms. The predicted octanol–water partition coefficient (Wildman–Crippen LogP) is 7.90. The van der Waals surface area contributed by atoms with Gasteiger partial charge in [0, 0.05) is 4.48 Å². The van der Waals surface area contributed by atoms with Gasteiger partial charge in [0.15, 0.2) is 5.78 Å². The van der Waals surface area contributed by atoms with Gasteiger partial charge in [0.05, 0.1) is 12.7 Å². The molecule has 0 fully saturated rings. The normalized spacial score (nSPS) is 16.2. The minimum absolute atomic E-state index is 0.0131. The van der Waals surface area contributed by atoms with Crippen LogP contribution in [0.1, 0.15) is 61.8 Å². The Hall–Kier alpha value is -2.31. The Morgan fingerprint density at radius 1 is 0.925 bits per heavy atom. The van der Waals surface area contributed by atoms with Crippen LogP contribution in [0.2, 0.25) is 5.04 Å².